The Balaban J connectivity index is 1.59. The molecule has 7 atom stereocenters. The van der Waals surface area contributed by atoms with Gasteiger partial charge in [-0.3, -0.25) is 14.4 Å². The fraction of sp³-hybridized carbons (Fsp3) is 0.767. The van der Waals surface area contributed by atoms with Crippen molar-refractivity contribution in [1.29, 1.82) is 0 Å². The summed E-state index contributed by atoms with van der Waals surface area (Å²) in [5, 5.41) is 9.18. The van der Waals surface area contributed by atoms with E-state index in [0.29, 0.717) is 30.5 Å². The summed E-state index contributed by atoms with van der Waals surface area (Å²) in [6.45, 7) is 15.4. The Morgan fingerprint density at radius 2 is 1.71 bits per heavy atom. The third-order valence-electron chi connectivity index (χ3n) is 11.2. The molecule has 4 heteroatoms. The Labute approximate surface area is 205 Å². The molecule has 4 nitrogen and oxygen atoms in total. The number of hydrogen-bond donors (Lipinski definition) is 1. The van der Waals surface area contributed by atoms with Crippen molar-refractivity contribution < 1.29 is 19.5 Å². The minimum atomic E-state index is -0.901. The Bertz CT molecular complexity index is 970. The van der Waals surface area contributed by atoms with Crippen molar-refractivity contribution in [3.63, 3.8) is 0 Å². The van der Waals surface area contributed by atoms with Crippen LogP contribution in [0.3, 0.4) is 0 Å². The van der Waals surface area contributed by atoms with Crippen molar-refractivity contribution in [2.45, 2.75) is 99.8 Å². The van der Waals surface area contributed by atoms with Crippen LogP contribution < -0.4 is 0 Å². The van der Waals surface area contributed by atoms with E-state index < -0.39 is 11.9 Å². The van der Waals surface area contributed by atoms with Crippen LogP contribution in [-0.2, 0) is 14.4 Å². The second-order valence-electron chi connectivity index (χ2n) is 13.3. The summed E-state index contributed by atoms with van der Waals surface area (Å²) < 4.78 is 0. The van der Waals surface area contributed by atoms with Crippen molar-refractivity contribution >= 4 is 17.5 Å². The van der Waals surface area contributed by atoms with Gasteiger partial charge in [-0.25, -0.2) is 0 Å². The molecule has 0 heterocycles. The standard InChI is InChI=1S/C30H44O4/c1-18(16-20(31)17-19(2)26(33)34)21-10-14-30(7)23-8-9-24-27(3,4)25(32)12-13-28(24,5)22(23)11-15-29(21,30)6/h10-11,18-19,23-24H,8-9,12-17H2,1-7H3,(H,33,34)/t18-,19?,23-,24+,28-,29-,30+/m1/s1. The summed E-state index contributed by atoms with van der Waals surface area (Å²) in [5.41, 5.74) is 3.00. The van der Waals surface area contributed by atoms with E-state index in [-0.39, 0.29) is 39.8 Å². The number of ketones is 2. The Hall–Kier alpha value is -1.71. The second kappa shape index (κ2) is 8.17. The fourth-order valence-corrected chi connectivity index (χ4v) is 8.81. The highest BCUT2D eigenvalue weighted by Gasteiger charge is 2.63. The second-order valence-corrected chi connectivity index (χ2v) is 13.3. The number of carbonyl (C=O) groups is 3. The van der Waals surface area contributed by atoms with E-state index in [2.05, 4.69) is 53.7 Å². The number of carboxylic acid groups (broad SMARTS) is 1. The molecule has 2 fully saturated rings. The van der Waals surface area contributed by atoms with Crippen LogP contribution in [0.4, 0.5) is 0 Å². The molecule has 4 rings (SSSR count). The van der Waals surface area contributed by atoms with E-state index in [4.69, 9.17) is 0 Å². The van der Waals surface area contributed by atoms with Gasteiger partial charge in [0, 0.05) is 24.7 Å². The first-order chi connectivity index (χ1) is 15.7. The smallest absolute Gasteiger partial charge is 0.306 e. The van der Waals surface area contributed by atoms with Crippen LogP contribution in [0.15, 0.2) is 23.3 Å². The summed E-state index contributed by atoms with van der Waals surface area (Å²) >= 11 is 0. The molecule has 0 radical (unpaired) electrons. The van der Waals surface area contributed by atoms with Crippen LogP contribution in [0.5, 0.6) is 0 Å². The molecule has 4 aliphatic carbocycles. The summed E-state index contributed by atoms with van der Waals surface area (Å²) in [6, 6.07) is 0. The zero-order valence-corrected chi connectivity index (χ0v) is 22.3. The number of carboxylic acids is 1. The topological polar surface area (TPSA) is 71.4 Å². The Morgan fingerprint density at radius 3 is 2.35 bits per heavy atom. The third-order valence-corrected chi connectivity index (χ3v) is 11.2. The van der Waals surface area contributed by atoms with Gasteiger partial charge in [0.15, 0.2) is 0 Å². The number of hydrogen-bond acceptors (Lipinski definition) is 3. The normalized spacial score (nSPS) is 40.3. The van der Waals surface area contributed by atoms with Crippen molar-refractivity contribution in [2.75, 3.05) is 0 Å². The first-order valence-corrected chi connectivity index (χ1v) is 13.4. The molecule has 0 aromatic heterocycles. The number of rotatable bonds is 6. The van der Waals surface area contributed by atoms with Crippen molar-refractivity contribution in [3.8, 4) is 0 Å². The SMILES string of the molecule is CC(CC(=O)C[C@@H](C)C1=CC[C@@]2(C)[C@@H]3CC[C@H]4C(C)(C)C(=O)CC[C@]4(C)C3=CC[C@]12C)C(=O)O. The maximum absolute atomic E-state index is 12.8. The molecule has 1 unspecified atom stereocenters. The lowest BCUT2D eigenvalue weighted by Crippen LogP contribution is -2.56. The van der Waals surface area contributed by atoms with Gasteiger partial charge in [0.05, 0.1) is 5.92 Å². The molecule has 188 valence electrons. The molecule has 0 aromatic rings. The summed E-state index contributed by atoms with van der Waals surface area (Å²) in [6.07, 6.45) is 11.4. The summed E-state index contributed by atoms with van der Waals surface area (Å²) in [7, 11) is 0. The lowest BCUT2D eigenvalue weighted by atomic mass is 9.41. The lowest BCUT2D eigenvalue weighted by Gasteiger charge is -2.62. The predicted molar refractivity (Wildman–Crippen MR) is 134 cm³/mol. The Kier molecular flexibility index (Phi) is 6.10. The summed E-state index contributed by atoms with van der Waals surface area (Å²) in [4.78, 5) is 36.6. The molecular weight excluding hydrogens is 424 g/mol. The summed E-state index contributed by atoms with van der Waals surface area (Å²) in [5.74, 6) is 0.0195. The predicted octanol–water partition coefficient (Wildman–Crippen LogP) is 6.79. The van der Waals surface area contributed by atoms with Crippen LogP contribution in [0.25, 0.3) is 0 Å². The maximum atomic E-state index is 12.8. The average Bonchev–Trinajstić information content (AvgIpc) is 3.02. The number of fused-ring (bicyclic) bond motifs is 5. The maximum Gasteiger partial charge on any atom is 0.306 e. The largest absolute Gasteiger partial charge is 0.481 e. The van der Waals surface area contributed by atoms with Crippen molar-refractivity contribution in [2.24, 2.45) is 45.3 Å². The molecule has 0 aromatic carbocycles. The first kappa shape index (κ1) is 25.4. The van der Waals surface area contributed by atoms with Crippen molar-refractivity contribution in [3.05, 3.63) is 23.3 Å². The molecular formula is C30H44O4. The zero-order chi connectivity index (χ0) is 25.3. The van der Waals surface area contributed by atoms with E-state index in [1.54, 1.807) is 12.5 Å². The zero-order valence-electron chi connectivity index (χ0n) is 22.3. The average molecular weight is 469 g/mol. The highest BCUT2D eigenvalue weighted by atomic mass is 16.4. The van der Waals surface area contributed by atoms with E-state index in [0.717, 1.165) is 32.1 Å². The quantitative estimate of drug-likeness (QED) is 0.436. The Morgan fingerprint density at radius 1 is 1.03 bits per heavy atom. The van der Waals surface area contributed by atoms with E-state index in [1.165, 1.54) is 5.57 Å². The van der Waals surface area contributed by atoms with Crippen LogP contribution in [-0.4, -0.2) is 22.6 Å². The molecule has 1 N–H and O–H groups in total. The minimum absolute atomic E-state index is 0.0163. The van der Waals surface area contributed by atoms with E-state index in [9.17, 15) is 19.5 Å². The van der Waals surface area contributed by atoms with Gasteiger partial charge in [-0.2, -0.15) is 0 Å². The molecule has 2 saturated carbocycles. The van der Waals surface area contributed by atoms with Gasteiger partial charge in [-0.15, -0.1) is 0 Å². The number of aliphatic carboxylic acids is 1. The highest BCUT2D eigenvalue weighted by molar-refractivity contribution is 5.86. The highest BCUT2D eigenvalue weighted by Crippen LogP contribution is 2.71. The molecule has 0 aliphatic heterocycles. The fourth-order valence-electron chi connectivity index (χ4n) is 8.81. The molecule has 34 heavy (non-hydrogen) atoms. The first-order valence-electron chi connectivity index (χ1n) is 13.4. The number of Topliss-reactive ketones (excluding diaryl/α,β-unsaturated/α-hetero) is 2. The molecule has 0 amide bonds. The van der Waals surface area contributed by atoms with Crippen LogP contribution in [0.2, 0.25) is 0 Å². The van der Waals surface area contributed by atoms with Gasteiger partial charge in [-0.1, -0.05) is 71.8 Å². The third kappa shape index (κ3) is 3.49. The van der Waals surface area contributed by atoms with Gasteiger partial charge in [0.25, 0.3) is 0 Å². The van der Waals surface area contributed by atoms with Crippen molar-refractivity contribution in [1.82, 2.24) is 0 Å². The molecule has 0 saturated heterocycles. The van der Waals surface area contributed by atoms with Gasteiger partial charge in [0.2, 0.25) is 0 Å². The van der Waals surface area contributed by atoms with E-state index >= 15 is 0 Å². The molecule has 0 bridgehead atoms. The molecule has 0 spiro atoms. The lowest BCUT2D eigenvalue weighted by molar-refractivity contribution is -0.143. The van der Waals surface area contributed by atoms with Crippen LogP contribution >= 0.6 is 0 Å². The molecule has 4 aliphatic rings. The van der Waals surface area contributed by atoms with Crippen LogP contribution in [0.1, 0.15) is 99.8 Å². The minimum Gasteiger partial charge on any atom is -0.481 e. The van der Waals surface area contributed by atoms with Gasteiger partial charge >= 0.3 is 5.97 Å². The van der Waals surface area contributed by atoms with Crippen LogP contribution in [0, 0.1) is 45.3 Å². The number of carbonyl (C=O) groups excluding carboxylic acids is 2. The van der Waals surface area contributed by atoms with Gasteiger partial charge in [0.1, 0.15) is 11.6 Å². The number of allylic oxidation sites excluding steroid dienone is 4. The van der Waals surface area contributed by atoms with Gasteiger partial charge < -0.3 is 5.11 Å². The monoisotopic (exact) mass is 468 g/mol. The van der Waals surface area contributed by atoms with Gasteiger partial charge in [-0.05, 0) is 66.1 Å². The van der Waals surface area contributed by atoms with E-state index in [1.807, 2.05) is 0 Å².